The SMILES string of the molecule is CC(C)(C)n1ccnc1.[B]CC(c1ccccc1)c1ccccc1. The molecule has 3 rings (SSSR count). The van der Waals surface area contributed by atoms with Gasteiger partial charge in [-0.1, -0.05) is 67.0 Å². The van der Waals surface area contributed by atoms with E-state index in [0.29, 0.717) is 12.2 Å². The smallest absolute Gasteiger partial charge is 0.0950 e. The van der Waals surface area contributed by atoms with E-state index in [1.54, 1.807) is 6.20 Å². The Hall–Kier alpha value is -2.29. The summed E-state index contributed by atoms with van der Waals surface area (Å²) in [7, 11) is 5.84. The van der Waals surface area contributed by atoms with Crippen molar-refractivity contribution in [3.05, 3.63) is 90.5 Å². The number of aromatic nitrogens is 2. The molecule has 122 valence electrons. The van der Waals surface area contributed by atoms with Gasteiger partial charge < -0.3 is 4.57 Å². The summed E-state index contributed by atoms with van der Waals surface area (Å²) in [6, 6.07) is 20.8. The second kappa shape index (κ2) is 8.53. The molecule has 0 unspecified atom stereocenters. The van der Waals surface area contributed by atoms with Crippen LogP contribution in [0.4, 0.5) is 0 Å². The highest BCUT2D eigenvalue weighted by Gasteiger charge is 2.10. The molecule has 2 nitrogen and oxygen atoms in total. The predicted octanol–water partition coefficient (Wildman–Crippen LogP) is 5.04. The first-order chi connectivity index (χ1) is 11.5. The van der Waals surface area contributed by atoms with Gasteiger partial charge in [0.2, 0.25) is 0 Å². The van der Waals surface area contributed by atoms with Crippen LogP contribution in [0, 0.1) is 0 Å². The van der Waals surface area contributed by atoms with E-state index in [4.69, 9.17) is 7.85 Å². The third-order valence-corrected chi connectivity index (χ3v) is 3.92. The summed E-state index contributed by atoms with van der Waals surface area (Å²) in [4.78, 5) is 3.95. The molecule has 0 aliphatic carbocycles. The highest BCUT2D eigenvalue weighted by molar-refractivity contribution is 6.09. The summed E-state index contributed by atoms with van der Waals surface area (Å²) >= 11 is 0. The molecule has 1 heterocycles. The Morgan fingerprint density at radius 1 is 0.917 bits per heavy atom. The van der Waals surface area contributed by atoms with Crippen molar-refractivity contribution in [2.24, 2.45) is 0 Å². The van der Waals surface area contributed by atoms with Crippen LogP contribution in [-0.2, 0) is 5.54 Å². The summed E-state index contributed by atoms with van der Waals surface area (Å²) in [6.45, 7) is 6.44. The highest BCUT2D eigenvalue weighted by Crippen LogP contribution is 2.26. The largest absolute Gasteiger partial charge is 0.332 e. The van der Waals surface area contributed by atoms with E-state index in [9.17, 15) is 0 Å². The number of hydrogen-bond donors (Lipinski definition) is 0. The van der Waals surface area contributed by atoms with Gasteiger partial charge in [0.05, 0.1) is 14.2 Å². The lowest BCUT2D eigenvalue weighted by molar-refractivity contribution is 0.396. The van der Waals surface area contributed by atoms with Crippen LogP contribution in [0.3, 0.4) is 0 Å². The molecule has 0 bridgehead atoms. The summed E-state index contributed by atoms with van der Waals surface area (Å²) in [5, 5.41) is 0. The Morgan fingerprint density at radius 3 is 1.71 bits per heavy atom. The zero-order valence-corrected chi connectivity index (χ0v) is 14.8. The van der Waals surface area contributed by atoms with E-state index >= 15 is 0 Å². The number of hydrogen-bond acceptors (Lipinski definition) is 1. The quantitative estimate of drug-likeness (QED) is 0.619. The third kappa shape index (κ3) is 5.12. The highest BCUT2D eigenvalue weighted by atomic mass is 15.1. The third-order valence-electron chi connectivity index (χ3n) is 3.92. The zero-order valence-electron chi connectivity index (χ0n) is 14.8. The summed E-state index contributed by atoms with van der Waals surface area (Å²) in [5.41, 5.74) is 2.74. The van der Waals surface area contributed by atoms with Crippen LogP contribution in [-0.4, -0.2) is 17.4 Å². The van der Waals surface area contributed by atoms with E-state index in [2.05, 4.69) is 78.9 Å². The van der Waals surface area contributed by atoms with E-state index < -0.39 is 0 Å². The van der Waals surface area contributed by atoms with Crippen molar-refractivity contribution >= 4 is 7.85 Å². The van der Waals surface area contributed by atoms with Gasteiger partial charge in [-0.3, -0.25) is 0 Å². The molecule has 0 saturated carbocycles. The number of imidazole rings is 1. The molecular weight excluding hydrogens is 291 g/mol. The maximum Gasteiger partial charge on any atom is 0.0950 e. The standard InChI is InChI=1S/C14H13B.C7H12N2/c15-11-14(12-7-3-1-4-8-12)13-9-5-2-6-10-13;1-7(2,3)9-5-4-8-6-9/h1-10,14H,11H2;4-6H,1-3H3. The van der Waals surface area contributed by atoms with Crippen LogP contribution in [0.5, 0.6) is 0 Å². The maximum atomic E-state index is 5.84. The summed E-state index contributed by atoms with van der Waals surface area (Å²) in [6.07, 6.45) is 6.25. The fourth-order valence-electron chi connectivity index (χ4n) is 2.49. The monoisotopic (exact) mass is 316 g/mol. The molecule has 0 spiro atoms. The lowest BCUT2D eigenvalue weighted by atomic mass is 9.81. The Labute approximate surface area is 147 Å². The first-order valence-electron chi connectivity index (χ1n) is 8.30. The van der Waals surface area contributed by atoms with Crippen LogP contribution in [0.2, 0.25) is 6.32 Å². The Balaban J connectivity index is 0.000000198. The van der Waals surface area contributed by atoms with Crippen molar-refractivity contribution in [3.8, 4) is 0 Å². The Morgan fingerprint density at radius 2 is 1.42 bits per heavy atom. The Bertz CT molecular complexity index is 646. The normalized spacial score (nSPS) is 11.0. The number of nitrogens with zero attached hydrogens (tertiary/aromatic N) is 2. The molecule has 3 aromatic rings. The number of rotatable bonds is 3. The van der Waals surface area contributed by atoms with Gasteiger partial charge in [0.25, 0.3) is 0 Å². The lowest BCUT2D eigenvalue weighted by Crippen LogP contribution is -2.19. The molecule has 0 fully saturated rings. The van der Waals surface area contributed by atoms with Gasteiger partial charge >= 0.3 is 0 Å². The Kier molecular flexibility index (Phi) is 6.42. The van der Waals surface area contributed by atoms with Crippen molar-refractivity contribution in [1.29, 1.82) is 0 Å². The maximum absolute atomic E-state index is 5.84. The molecule has 0 aliphatic heterocycles. The van der Waals surface area contributed by atoms with Crippen LogP contribution < -0.4 is 0 Å². The topological polar surface area (TPSA) is 17.8 Å². The average molecular weight is 316 g/mol. The van der Waals surface area contributed by atoms with Gasteiger partial charge in [0.1, 0.15) is 0 Å². The second-order valence-corrected chi connectivity index (χ2v) is 6.75. The van der Waals surface area contributed by atoms with Crippen molar-refractivity contribution in [2.75, 3.05) is 0 Å². The molecule has 2 aromatic carbocycles. The van der Waals surface area contributed by atoms with Gasteiger partial charge in [0.15, 0.2) is 0 Å². The minimum Gasteiger partial charge on any atom is -0.332 e. The van der Waals surface area contributed by atoms with Crippen molar-refractivity contribution < 1.29 is 0 Å². The summed E-state index contributed by atoms with van der Waals surface area (Å²) in [5.74, 6) is 0.312. The molecule has 3 heteroatoms. The molecule has 0 saturated heterocycles. The predicted molar refractivity (Wildman–Crippen MR) is 103 cm³/mol. The molecule has 0 aliphatic rings. The number of benzene rings is 2. The first kappa shape index (κ1) is 18.1. The van der Waals surface area contributed by atoms with E-state index in [1.807, 2.05) is 24.7 Å². The molecule has 1 aromatic heterocycles. The van der Waals surface area contributed by atoms with Crippen LogP contribution in [0.25, 0.3) is 0 Å². The average Bonchev–Trinajstić information content (AvgIpc) is 3.13. The van der Waals surface area contributed by atoms with Crippen molar-refractivity contribution in [2.45, 2.75) is 38.5 Å². The first-order valence-corrected chi connectivity index (χ1v) is 8.30. The van der Waals surface area contributed by atoms with Gasteiger partial charge in [0, 0.05) is 23.9 Å². The minimum absolute atomic E-state index is 0.177. The fourth-order valence-corrected chi connectivity index (χ4v) is 2.49. The molecular formula is C21H25BN2. The lowest BCUT2D eigenvalue weighted by Gasteiger charge is -2.19. The zero-order chi connectivity index (χ0) is 17.4. The van der Waals surface area contributed by atoms with Gasteiger partial charge in [-0.15, -0.1) is 0 Å². The van der Waals surface area contributed by atoms with Gasteiger partial charge in [-0.2, -0.15) is 0 Å². The second-order valence-electron chi connectivity index (χ2n) is 6.75. The van der Waals surface area contributed by atoms with Crippen LogP contribution in [0.1, 0.15) is 37.8 Å². The van der Waals surface area contributed by atoms with E-state index in [1.165, 1.54) is 11.1 Å². The molecule has 0 atom stereocenters. The van der Waals surface area contributed by atoms with Crippen LogP contribution in [0.15, 0.2) is 79.4 Å². The molecule has 2 radical (unpaired) electrons. The summed E-state index contributed by atoms with van der Waals surface area (Å²) < 4.78 is 2.08. The van der Waals surface area contributed by atoms with Gasteiger partial charge in [-0.05, 0) is 31.9 Å². The van der Waals surface area contributed by atoms with E-state index in [-0.39, 0.29) is 5.54 Å². The molecule has 0 amide bonds. The molecule has 0 N–H and O–H groups in total. The molecule has 24 heavy (non-hydrogen) atoms. The minimum atomic E-state index is 0.177. The van der Waals surface area contributed by atoms with Crippen molar-refractivity contribution in [1.82, 2.24) is 9.55 Å². The fraction of sp³-hybridized carbons (Fsp3) is 0.286. The van der Waals surface area contributed by atoms with Gasteiger partial charge in [-0.25, -0.2) is 4.98 Å². The van der Waals surface area contributed by atoms with E-state index in [0.717, 1.165) is 0 Å². The van der Waals surface area contributed by atoms with Crippen LogP contribution >= 0.6 is 0 Å². The van der Waals surface area contributed by atoms with Crippen molar-refractivity contribution in [3.63, 3.8) is 0 Å².